The highest BCUT2D eigenvalue weighted by molar-refractivity contribution is 5.87. The average molecular weight is 543 g/mol. The van der Waals surface area contributed by atoms with Crippen molar-refractivity contribution in [2.45, 2.75) is 51.0 Å². The normalized spacial score (nSPS) is 22.9. The standard InChI is InChI=1S/C27H34N4O8/c1-5-14-37-23-22(35-3)17(2)38-26(24(23)36-4)39-27(34)30(16-32)19-8-6-18(7-9-19)25-28-15-31(29-25)20-10-12-21(33)13-11-20/h6-13,15,17,22-24,26,32-33H,5,14,16H2,1-4H3/t17-,22-,23+,24+,26-/m0/s1. The number of hydrogen-bond acceptors (Lipinski definition) is 10. The van der Waals surface area contributed by atoms with Crippen molar-refractivity contribution in [3.8, 4) is 22.8 Å². The molecule has 1 saturated heterocycles. The summed E-state index contributed by atoms with van der Waals surface area (Å²) in [5.41, 5.74) is 1.84. The number of aliphatic hydroxyl groups excluding tert-OH is 1. The van der Waals surface area contributed by atoms with Gasteiger partial charge in [0.25, 0.3) is 0 Å². The Morgan fingerprint density at radius 1 is 1.05 bits per heavy atom. The Morgan fingerprint density at radius 3 is 2.36 bits per heavy atom. The Morgan fingerprint density at radius 2 is 1.74 bits per heavy atom. The largest absolute Gasteiger partial charge is 0.508 e. The van der Waals surface area contributed by atoms with E-state index >= 15 is 0 Å². The SMILES string of the molecule is CCCO[C@@H]1[C@@H](OC)[C@H](C)O[C@@H](OC(=O)N(CO)c2ccc(-c3ncn(-c4ccc(O)cc4)n3)cc2)[C@@H]1OC. The molecule has 0 aliphatic carbocycles. The van der Waals surface area contributed by atoms with Gasteiger partial charge in [0.05, 0.1) is 11.8 Å². The van der Waals surface area contributed by atoms with Gasteiger partial charge in [-0.3, -0.25) is 4.90 Å². The Kier molecular flexibility index (Phi) is 9.49. The van der Waals surface area contributed by atoms with Gasteiger partial charge in [-0.25, -0.2) is 14.5 Å². The van der Waals surface area contributed by atoms with Crippen molar-refractivity contribution in [3.05, 3.63) is 54.9 Å². The van der Waals surface area contributed by atoms with Gasteiger partial charge in [0.1, 0.15) is 37.1 Å². The number of rotatable bonds is 10. The maximum absolute atomic E-state index is 13.1. The van der Waals surface area contributed by atoms with Crippen LogP contribution in [0.4, 0.5) is 10.5 Å². The molecular weight excluding hydrogens is 508 g/mol. The number of benzene rings is 2. The summed E-state index contributed by atoms with van der Waals surface area (Å²) >= 11 is 0. The maximum Gasteiger partial charge on any atom is 0.418 e. The summed E-state index contributed by atoms with van der Waals surface area (Å²) in [5, 5.41) is 24.0. The van der Waals surface area contributed by atoms with Gasteiger partial charge in [-0.2, -0.15) is 0 Å². The molecule has 12 nitrogen and oxygen atoms in total. The lowest BCUT2D eigenvalue weighted by Crippen LogP contribution is -2.60. The van der Waals surface area contributed by atoms with Crippen LogP contribution in [0.1, 0.15) is 20.3 Å². The van der Waals surface area contributed by atoms with Crippen LogP contribution in [0.5, 0.6) is 5.75 Å². The molecule has 1 aliphatic rings. The fourth-order valence-electron chi connectivity index (χ4n) is 4.41. The minimum absolute atomic E-state index is 0.160. The van der Waals surface area contributed by atoms with E-state index in [0.717, 1.165) is 17.0 Å². The van der Waals surface area contributed by atoms with Crippen LogP contribution in [-0.4, -0.2) is 89.3 Å². The van der Waals surface area contributed by atoms with Gasteiger partial charge < -0.3 is 33.9 Å². The molecule has 1 aliphatic heterocycles. The fraction of sp³-hybridized carbons (Fsp3) is 0.444. The van der Waals surface area contributed by atoms with Gasteiger partial charge in [0.15, 0.2) is 5.82 Å². The summed E-state index contributed by atoms with van der Waals surface area (Å²) < 4.78 is 30.3. The van der Waals surface area contributed by atoms with Gasteiger partial charge >= 0.3 is 6.09 Å². The number of ether oxygens (including phenoxy) is 5. The lowest BCUT2D eigenvalue weighted by atomic mass is 9.99. The number of methoxy groups -OCH3 is 2. The molecule has 1 amide bonds. The van der Waals surface area contributed by atoms with E-state index in [1.54, 1.807) is 66.6 Å². The van der Waals surface area contributed by atoms with Gasteiger partial charge in [-0.15, -0.1) is 5.10 Å². The number of anilines is 1. The quantitative estimate of drug-likeness (QED) is 0.368. The second kappa shape index (κ2) is 13.0. The second-order valence-corrected chi connectivity index (χ2v) is 8.97. The molecule has 0 bridgehead atoms. The first kappa shape index (κ1) is 28.5. The predicted octanol–water partition coefficient (Wildman–Crippen LogP) is 3.10. The van der Waals surface area contributed by atoms with Crippen LogP contribution in [0, 0.1) is 0 Å². The smallest absolute Gasteiger partial charge is 0.418 e. The van der Waals surface area contributed by atoms with Crippen LogP contribution < -0.4 is 4.90 Å². The molecule has 0 radical (unpaired) electrons. The number of aliphatic hydroxyl groups is 1. The Balaban J connectivity index is 1.47. The molecule has 39 heavy (non-hydrogen) atoms. The monoisotopic (exact) mass is 542 g/mol. The number of aromatic nitrogens is 3. The molecule has 5 atom stereocenters. The lowest BCUT2D eigenvalue weighted by Gasteiger charge is -2.43. The van der Waals surface area contributed by atoms with Crippen LogP contribution >= 0.6 is 0 Å². The third-order valence-electron chi connectivity index (χ3n) is 6.41. The third kappa shape index (κ3) is 6.37. The number of phenolic OH excluding ortho intramolecular Hbond substituents is 1. The minimum atomic E-state index is -1.08. The van der Waals surface area contributed by atoms with Crippen LogP contribution in [0.15, 0.2) is 54.9 Å². The molecule has 0 unspecified atom stereocenters. The molecule has 0 saturated carbocycles. The van der Waals surface area contributed by atoms with Gasteiger partial charge in [0.2, 0.25) is 6.29 Å². The maximum atomic E-state index is 13.1. The molecule has 2 heterocycles. The van der Waals surface area contributed by atoms with E-state index in [9.17, 15) is 15.0 Å². The van der Waals surface area contributed by atoms with Crippen LogP contribution in [0.2, 0.25) is 0 Å². The van der Waals surface area contributed by atoms with E-state index in [1.165, 1.54) is 7.11 Å². The molecule has 1 fully saturated rings. The number of aromatic hydroxyl groups is 1. The molecule has 0 spiro atoms. The van der Waals surface area contributed by atoms with Crippen LogP contribution in [-0.2, 0) is 23.7 Å². The summed E-state index contributed by atoms with van der Waals surface area (Å²) in [7, 11) is 3.05. The number of nitrogens with zero attached hydrogens (tertiary/aromatic N) is 4. The molecule has 2 N–H and O–H groups in total. The van der Waals surface area contributed by atoms with E-state index in [-0.39, 0.29) is 5.75 Å². The minimum Gasteiger partial charge on any atom is -0.508 e. The number of carbonyl (C=O) groups excluding carboxylic acids is 1. The molecule has 1 aromatic heterocycles. The van der Waals surface area contributed by atoms with Crippen molar-refractivity contribution < 1.29 is 38.7 Å². The Bertz CT molecular complexity index is 1200. The van der Waals surface area contributed by atoms with Crippen LogP contribution in [0.25, 0.3) is 17.1 Å². The second-order valence-electron chi connectivity index (χ2n) is 8.97. The van der Waals surface area contributed by atoms with Crippen molar-refractivity contribution in [2.75, 3.05) is 32.5 Å². The van der Waals surface area contributed by atoms with Crippen molar-refractivity contribution >= 4 is 11.8 Å². The van der Waals surface area contributed by atoms with E-state index in [2.05, 4.69) is 10.1 Å². The summed E-state index contributed by atoms with van der Waals surface area (Å²) in [6.07, 6.45) is -1.63. The van der Waals surface area contributed by atoms with Crippen molar-refractivity contribution in [2.24, 2.45) is 0 Å². The number of carbonyl (C=O) groups is 1. The lowest BCUT2D eigenvalue weighted by molar-refractivity contribution is -0.293. The Hall–Kier alpha value is -3.55. The molecule has 12 heteroatoms. The zero-order valence-electron chi connectivity index (χ0n) is 22.3. The molecular formula is C27H34N4O8. The summed E-state index contributed by atoms with van der Waals surface area (Å²) in [6, 6.07) is 13.3. The van der Waals surface area contributed by atoms with E-state index < -0.39 is 43.5 Å². The zero-order chi connectivity index (χ0) is 27.9. The fourth-order valence-corrected chi connectivity index (χ4v) is 4.41. The predicted molar refractivity (Wildman–Crippen MR) is 140 cm³/mol. The number of phenols is 1. The van der Waals surface area contributed by atoms with Gasteiger partial charge in [-0.05, 0) is 61.9 Å². The molecule has 3 aromatic rings. The molecule has 2 aromatic carbocycles. The molecule has 210 valence electrons. The topological polar surface area (TPSA) is 138 Å². The first-order valence-corrected chi connectivity index (χ1v) is 12.6. The molecule has 4 rings (SSSR count). The highest BCUT2D eigenvalue weighted by Crippen LogP contribution is 2.29. The van der Waals surface area contributed by atoms with Crippen molar-refractivity contribution in [3.63, 3.8) is 0 Å². The highest BCUT2D eigenvalue weighted by atomic mass is 16.7. The van der Waals surface area contributed by atoms with Crippen molar-refractivity contribution in [1.29, 1.82) is 0 Å². The van der Waals surface area contributed by atoms with E-state index in [0.29, 0.717) is 23.7 Å². The number of amides is 1. The first-order valence-electron chi connectivity index (χ1n) is 12.6. The Labute approximate surface area is 226 Å². The summed E-state index contributed by atoms with van der Waals surface area (Å²) in [4.78, 5) is 18.5. The third-order valence-corrected chi connectivity index (χ3v) is 6.41. The van der Waals surface area contributed by atoms with Gasteiger partial charge in [0, 0.05) is 32.1 Å². The highest BCUT2D eigenvalue weighted by Gasteiger charge is 2.48. The zero-order valence-corrected chi connectivity index (χ0v) is 22.3. The number of hydrogen-bond donors (Lipinski definition) is 2. The van der Waals surface area contributed by atoms with E-state index in [1.807, 2.05) is 13.8 Å². The average Bonchev–Trinajstić information content (AvgIpc) is 3.43. The van der Waals surface area contributed by atoms with E-state index in [4.69, 9.17) is 23.7 Å². The first-order chi connectivity index (χ1) is 18.9. The van der Waals surface area contributed by atoms with Gasteiger partial charge in [-0.1, -0.05) is 6.92 Å². The van der Waals surface area contributed by atoms with Crippen LogP contribution in [0.3, 0.4) is 0 Å². The summed E-state index contributed by atoms with van der Waals surface area (Å²) in [6.45, 7) is 3.66. The summed E-state index contributed by atoms with van der Waals surface area (Å²) in [5.74, 6) is 0.624. The van der Waals surface area contributed by atoms with Crippen molar-refractivity contribution in [1.82, 2.24) is 14.8 Å².